The fourth-order valence-corrected chi connectivity index (χ4v) is 4.27. The normalized spacial score (nSPS) is 19.8. The van der Waals surface area contributed by atoms with Gasteiger partial charge >= 0.3 is 5.97 Å². The summed E-state index contributed by atoms with van der Waals surface area (Å²) in [6.07, 6.45) is 4.41. The largest absolute Gasteiger partial charge is 0.490 e. The molecular weight excluding hydrogens is 439 g/mol. The van der Waals surface area contributed by atoms with Crippen LogP contribution in [0, 0.1) is 11.7 Å². The SMILES string of the molecule is O=C(NCCNC(=O)c1ccc(OC2CCC(C(=O)O)CC2)cc1F)c1cccc(C2CC2)c1. The standard InChI is InChI=1S/C26H29FN2O5/c27-23-15-21(34-20-8-6-17(7-9-20)26(32)33)10-11-22(23)25(31)29-13-12-28-24(30)19-3-1-2-18(14-19)16-4-5-16/h1-3,10-11,14-17,20H,4-9,12-13H2,(H,28,30)(H,29,31)(H,32,33). The number of carboxylic acids is 1. The average molecular weight is 469 g/mol. The molecule has 0 aromatic heterocycles. The molecule has 2 aliphatic rings. The van der Waals surface area contributed by atoms with Gasteiger partial charge in [-0.15, -0.1) is 0 Å². The smallest absolute Gasteiger partial charge is 0.306 e. The summed E-state index contributed by atoms with van der Waals surface area (Å²) in [6.45, 7) is 0.386. The number of nitrogens with one attached hydrogen (secondary N) is 2. The Kier molecular flexibility index (Phi) is 7.45. The summed E-state index contributed by atoms with van der Waals surface area (Å²) in [5, 5.41) is 14.5. The maximum absolute atomic E-state index is 14.5. The number of carboxylic acid groups (broad SMARTS) is 1. The van der Waals surface area contributed by atoms with E-state index in [1.54, 1.807) is 6.07 Å². The zero-order chi connectivity index (χ0) is 24.1. The summed E-state index contributed by atoms with van der Waals surface area (Å²) in [4.78, 5) is 35.7. The minimum Gasteiger partial charge on any atom is -0.490 e. The molecule has 2 aliphatic carbocycles. The van der Waals surface area contributed by atoms with Crippen molar-refractivity contribution in [1.82, 2.24) is 10.6 Å². The predicted octanol–water partition coefficient (Wildman–Crippen LogP) is 3.89. The number of amides is 2. The number of rotatable bonds is 9. The molecule has 8 heteroatoms. The van der Waals surface area contributed by atoms with Gasteiger partial charge in [0, 0.05) is 24.7 Å². The molecular formula is C26H29FN2O5. The van der Waals surface area contributed by atoms with E-state index in [1.807, 2.05) is 18.2 Å². The number of hydrogen-bond donors (Lipinski definition) is 3. The topological polar surface area (TPSA) is 105 Å². The fraction of sp³-hybridized carbons (Fsp3) is 0.423. The van der Waals surface area contributed by atoms with Crippen LogP contribution in [0.3, 0.4) is 0 Å². The Balaban J connectivity index is 1.21. The van der Waals surface area contributed by atoms with Crippen LogP contribution < -0.4 is 15.4 Å². The van der Waals surface area contributed by atoms with Crippen LogP contribution in [0.2, 0.25) is 0 Å². The maximum atomic E-state index is 14.5. The van der Waals surface area contributed by atoms with E-state index in [2.05, 4.69) is 10.6 Å². The lowest BCUT2D eigenvalue weighted by Crippen LogP contribution is -2.35. The van der Waals surface area contributed by atoms with E-state index in [0.29, 0.717) is 42.9 Å². The van der Waals surface area contributed by atoms with Crippen molar-refractivity contribution in [2.45, 2.75) is 50.5 Å². The number of benzene rings is 2. The fourth-order valence-electron chi connectivity index (χ4n) is 4.27. The lowest BCUT2D eigenvalue weighted by molar-refractivity contribution is -0.143. The van der Waals surface area contributed by atoms with Crippen LogP contribution in [0.15, 0.2) is 42.5 Å². The third kappa shape index (κ3) is 6.12. The molecule has 2 saturated carbocycles. The van der Waals surface area contributed by atoms with Crippen LogP contribution in [-0.2, 0) is 4.79 Å². The van der Waals surface area contributed by atoms with Crippen molar-refractivity contribution in [1.29, 1.82) is 0 Å². The molecule has 7 nitrogen and oxygen atoms in total. The summed E-state index contributed by atoms with van der Waals surface area (Å²) >= 11 is 0. The maximum Gasteiger partial charge on any atom is 0.306 e. The first-order valence-corrected chi connectivity index (χ1v) is 11.8. The zero-order valence-electron chi connectivity index (χ0n) is 18.9. The van der Waals surface area contributed by atoms with Crippen molar-refractivity contribution in [3.8, 4) is 5.75 Å². The summed E-state index contributed by atoms with van der Waals surface area (Å²) in [7, 11) is 0. The minimum absolute atomic E-state index is 0.106. The molecule has 0 atom stereocenters. The van der Waals surface area contributed by atoms with Crippen LogP contribution in [0.25, 0.3) is 0 Å². The lowest BCUT2D eigenvalue weighted by atomic mass is 9.87. The van der Waals surface area contributed by atoms with Gasteiger partial charge in [0.15, 0.2) is 0 Å². The predicted molar refractivity (Wildman–Crippen MR) is 123 cm³/mol. The number of carbonyl (C=O) groups is 3. The van der Waals surface area contributed by atoms with Gasteiger partial charge in [-0.2, -0.15) is 0 Å². The van der Waals surface area contributed by atoms with Gasteiger partial charge in [-0.25, -0.2) is 4.39 Å². The second-order valence-corrected chi connectivity index (χ2v) is 8.98. The summed E-state index contributed by atoms with van der Waals surface area (Å²) < 4.78 is 20.3. The molecule has 2 amide bonds. The zero-order valence-corrected chi connectivity index (χ0v) is 18.9. The highest BCUT2D eigenvalue weighted by atomic mass is 19.1. The number of ether oxygens (including phenoxy) is 1. The number of aliphatic carboxylic acids is 1. The molecule has 0 bridgehead atoms. The van der Waals surface area contributed by atoms with Crippen molar-refractivity contribution < 1.29 is 28.6 Å². The first-order valence-electron chi connectivity index (χ1n) is 11.8. The van der Waals surface area contributed by atoms with Gasteiger partial charge in [0.25, 0.3) is 11.8 Å². The second kappa shape index (κ2) is 10.7. The van der Waals surface area contributed by atoms with Crippen molar-refractivity contribution in [3.05, 3.63) is 65.0 Å². The third-order valence-electron chi connectivity index (χ3n) is 6.41. The van der Waals surface area contributed by atoms with E-state index < -0.39 is 17.7 Å². The molecule has 2 fully saturated rings. The quantitative estimate of drug-likeness (QED) is 0.485. The molecule has 0 aliphatic heterocycles. The first kappa shape index (κ1) is 23.7. The average Bonchev–Trinajstić information content (AvgIpc) is 3.68. The Morgan fingerprint density at radius 2 is 1.62 bits per heavy atom. The monoisotopic (exact) mass is 468 g/mol. The lowest BCUT2D eigenvalue weighted by Gasteiger charge is -2.26. The number of hydrogen-bond acceptors (Lipinski definition) is 4. The highest BCUT2D eigenvalue weighted by molar-refractivity contribution is 5.95. The van der Waals surface area contributed by atoms with Crippen LogP contribution in [0.5, 0.6) is 5.75 Å². The Morgan fingerprint density at radius 1 is 0.912 bits per heavy atom. The van der Waals surface area contributed by atoms with Crippen molar-refractivity contribution in [2.75, 3.05) is 13.1 Å². The van der Waals surface area contributed by atoms with E-state index in [0.717, 1.165) is 12.8 Å². The molecule has 0 spiro atoms. The molecule has 2 aromatic carbocycles. The Bertz CT molecular complexity index is 1060. The number of halogens is 1. The third-order valence-corrected chi connectivity index (χ3v) is 6.41. The van der Waals surface area contributed by atoms with Gasteiger partial charge in [0.05, 0.1) is 17.6 Å². The van der Waals surface area contributed by atoms with Gasteiger partial charge in [0.1, 0.15) is 11.6 Å². The molecule has 4 rings (SSSR count). The van der Waals surface area contributed by atoms with Crippen LogP contribution in [-0.4, -0.2) is 42.1 Å². The summed E-state index contributed by atoms with van der Waals surface area (Å²) in [6, 6.07) is 11.7. The minimum atomic E-state index is -0.790. The van der Waals surface area contributed by atoms with E-state index >= 15 is 0 Å². The number of carbonyl (C=O) groups excluding carboxylic acids is 2. The summed E-state index contributed by atoms with van der Waals surface area (Å²) in [5.74, 6) is -1.74. The van der Waals surface area contributed by atoms with Crippen molar-refractivity contribution >= 4 is 17.8 Å². The van der Waals surface area contributed by atoms with Crippen molar-refractivity contribution in [3.63, 3.8) is 0 Å². The Morgan fingerprint density at radius 3 is 2.26 bits per heavy atom. The van der Waals surface area contributed by atoms with E-state index in [-0.39, 0.29) is 36.6 Å². The van der Waals surface area contributed by atoms with Gasteiger partial charge in [-0.3, -0.25) is 14.4 Å². The molecule has 3 N–H and O–H groups in total. The Hall–Kier alpha value is -3.42. The summed E-state index contributed by atoms with van der Waals surface area (Å²) in [5.41, 5.74) is 1.66. The second-order valence-electron chi connectivity index (χ2n) is 8.98. The van der Waals surface area contributed by atoms with Gasteiger partial charge in [-0.05, 0) is 74.3 Å². The van der Waals surface area contributed by atoms with Gasteiger partial charge in [0.2, 0.25) is 0 Å². The molecule has 0 saturated heterocycles. The molecule has 0 radical (unpaired) electrons. The first-order chi connectivity index (χ1) is 16.4. The van der Waals surface area contributed by atoms with Crippen LogP contribution >= 0.6 is 0 Å². The van der Waals surface area contributed by atoms with Gasteiger partial charge in [-0.1, -0.05) is 12.1 Å². The molecule has 34 heavy (non-hydrogen) atoms. The van der Waals surface area contributed by atoms with Crippen LogP contribution in [0.1, 0.15) is 70.7 Å². The highest BCUT2D eigenvalue weighted by Crippen LogP contribution is 2.40. The Labute approximate surface area is 197 Å². The van der Waals surface area contributed by atoms with E-state index in [9.17, 15) is 18.8 Å². The molecule has 180 valence electrons. The van der Waals surface area contributed by atoms with Gasteiger partial charge < -0.3 is 20.5 Å². The van der Waals surface area contributed by atoms with E-state index in [4.69, 9.17) is 9.84 Å². The van der Waals surface area contributed by atoms with Crippen LogP contribution in [0.4, 0.5) is 4.39 Å². The molecule has 0 unspecified atom stereocenters. The van der Waals surface area contributed by atoms with E-state index in [1.165, 1.54) is 23.8 Å². The van der Waals surface area contributed by atoms with Crippen molar-refractivity contribution in [2.24, 2.45) is 5.92 Å². The molecule has 2 aromatic rings. The molecule has 0 heterocycles. The highest BCUT2D eigenvalue weighted by Gasteiger charge is 2.27.